The molecule has 3 rings (SSSR count). The van der Waals surface area contributed by atoms with Gasteiger partial charge in [-0.3, -0.25) is 19.6 Å². The van der Waals surface area contributed by atoms with Crippen LogP contribution in [0.15, 0.2) is 48.9 Å². The first-order valence-electron chi connectivity index (χ1n) is 9.55. The largest absolute Gasteiger partial charge is 0.465 e. The highest BCUT2D eigenvalue weighted by molar-refractivity contribution is 5.91. The van der Waals surface area contributed by atoms with Gasteiger partial charge in [-0.1, -0.05) is 20.3 Å². The predicted molar refractivity (Wildman–Crippen MR) is 109 cm³/mol. The van der Waals surface area contributed by atoms with Gasteiger partial charge in [0, 0.05) is 36.6 Å². The highest BCUT2D eigenvalue weighted by Gasteiger charge is 2.17. The van der Waals surface area contributed by atoms with Gasteiger partial charge in [-0.25, -0.2) is 9.18 Å². The minimum atomic E-state index is -0.960. The molecule has 1 amide bonds. The summed E-state index contributed by atoms with van der Waals surface area (Å²) >= 11 is 0. The number of anilines is 2. The van der Waals surface area contributed by atoms with Crippen molar-refractivity contribution in [1.82, 2.24) is 9.66 Å². The zero-order valence-electron chi connectivity index (χ0n) is 16.2. The van der Waals surface area contributed by atoms with Crippen LogP contribution in [0.4, 0.5) is 20.6 Å². The third-order valence-electron chi connectivity index (χ3n) is 4.66. The molecule has 2 aromatic heterocycles. The van der Waals surface area contributed by atoms with E-state index < -0.39 is 6.09 Å². The Balaban J connectivity index is 2.01. The second kappa shape index (κ2) is 8.73. The number of pyridine rings is 1. The fraction of sp³-hybridized carbons (Fsp3) is 0.333. The van der Waals surface area contributed by atoms with Gasteiger partial charge in [-0.05, 0) is 43.2 Å². The SMILES string of the molecule is CCCCN(C(=O)O)c1ccc2c(ccn2N(CCC)c2ccncc2F)c1. The number of carbonyl (C=O) groups is 1. The number of hydrogen-bond donors (Lipinski definition) is 1. The lowest BCUT2D eigenvalue weighted by molar-refractivity contribution is 0.201. The van der Waals surface area contributed by atoms with E-state index in [9.17, 15) is 14.3 Å². The van der Waals surface area contributed by atoms with Crippen LogP contribution < -0.4 is 9.91 Å². The topological polar surface area (TPSA) is 61.6 Å². The molecule has 1 N–H and O–H groups in total. The van der Waals surface area contributed by atoms with Crippen molar-refractivity contribution in [1.29, 1.82) is 0 Å². The number of unbranched alkanes of at least 4 members (excludes halogenated alkanes) is 1. The molecule has 1 aromatic carbocycles. The van der Waals surface area contributed by atoms with Crippen LogP contribution in [-0.4, -0.2) is 33.9 Å². The van der Waals surface area contributed by atoms with Crippen molar-refractivity contribution in [2.75, 3.05) is 23.0 Å². The van der Waals surface area contributed by atoms with E-state index in [0.29, 0.717) is 24.5 Å². The van der Waals surface area contributed by atoms with Crippen molar-refractivity contribution in [3.8, 4) is 0 Å². The minimum Gasteiger partial charge on any atom is -0.465 e. The molecule has 28 heavy (non-hydrogen) atoms. The van der Waals surface area contributed by atoms with Crippen LogP contribution in [0.25, 0.3) is 10.9 Å². The molecule has 0 atom stereocenters. The first kappa shape index (κ1) is 19.7. The average molecular weight is 384 g/mol. The number of amides is 1. The Kier molecular flexibility index (Phi) is 6.13. The zero-order valence-corrected chi connectivity index (χ0v) is 16.2. The molecule has 0 bridgehead atoms. The van der Waals surface area contributed by atoms with E-state index in [0.717, 1.165) is 30.2 Å². The van der Waals surface area contributed by atoms with Crippen molar-refractivity contribution < 1.29 is 14.3 Å². The molecule has 0 aliphatic carbocycles. The first-order chi connectivity index (χ1) is 13.6. The number of nitrogens with zero attached hydrogens (tertiary/aromatic N) is 4. The van der Waals surface area contributed by atoms with E-state index in [1.165, 1.54) is 11.1 Å². The maximum atomic E-state index is 14.3. The van der Waals surface area contributed by atoms with Gasteiger partial charge in [0.15, 0.2) is 5.82 Å². The molecule has 3 aromatic rings. The monoisotopic (exact) mass is 384 g/mol. The summed E-state index contributed by atoms with van der Waals surface area (Å²) in [6, 6.07) is 9.12. The molecule has 0 radical (unpaired) electrons. The normalized spacial score (nSPS) is 11.0. The molecule has 0 saturated heterocycles. The van der Waals surface area contributed by atoms with Crippen LogP contribution in [0.5, 0.6) is 0 Å². The fourth-order valence-corrected chi connectivity index (χ4v) is 3.28. The Hall–Kier alpha value is -3.09. The Morgan fingerprint density at radius 3 is 2.68 bits per heavy atom. The summed E-state index contributed by atoms with van der Waals surface area (Å²) in [6.45, 7) is 5.16. The number of aromatic nitrogens is 2. The predicted octanol–water partition coefficient (Wildman–Crippen LogP) is 5.14. The van der Waals surface area contributed by atoms with E-state index in [-0.39, 0.29) is 5.82 Å². The van der Waals surface area contributed by atoms with Gasteiger partial charge in [0.05, 0.1) is 17.4 Å². The third-order valence-corrected chi connectivity index (χ3v) is 4.66. The van der Waals surface area contributed by atoms with Crippen molar-refractivity contribution in [3.05, 3.63) is 54.7 Å². The van der Waals surface area contributed by atoms with Crippen LogP contribution >= 0.6 is 0 Å². The molecular weight excluding hydrogens is 359 g/mol. The molecule has 0 unspecified atom stereocenters. The van der Waals surface area contributed by atoms with Crippen molar-refractivity contribution in [2.24, 2.45) is 0 Å². The molecule has 0 aliphatic heterocycles. The number of hydrogen-bond acceptors (Lipinski definition) is 3. The molecule has 2 heterocycles. The Morgan fingerprint density at radius 1 is 1.18 bits per heavy atom. The lowest BCUT2D eigenvalue weighted by atomic mass is 10.2. The zero-order chi connectivity index (χ0) is 20.1. The molecule has 0 spiro atoms. The highest BCUT2D eigenvalue weighted by atomic mass is 19.1. The molecule has 0 aliphatic rings. The number of benzene rings is 1. The van der Waals surface area contributed by atoms with Gasteiger partial charge in [-0.15, -0.1) is 0 Å². The van der Waals surface area contributed by atoms with Crippen LogP contribution in [0.2, 0.25) is 0 Å². The summed E-state index contributed by atoms with van der Waals surface area (Å²) in [5, 5.41) is 12.3. The van der Waals surface area contributed by atoms with Crippen LogP contribution in [0.1, 0.15) is 33.1 Å². The second-order valence-electron chi connectivity index (χ2n) is 6.64. The molecular formula is C21H25FN4O2. The Bertz CT molecular complexity index is 956. The number of fused-ring (bicyclic) bond motifs is 1. The molecule has 7 heteroatoms. The van der Waals surface area contributed by atoms with Crippen LogP contribution in [0, 0.1) is 5.82 Å². The summed E-state index contributed by atoms with van der Waals surface area (Å²) in [7, 11) is 0. The number of rotatable bonds is 8. The summed E-state index contributed by atoms with van der Waals surface area (Å²) < 4.78 is 16.2. The van der Waals surface area contributed by atoms with Gasteiger partial charge in [0.25, 0.3) is 0 Å². The van der Waals surface area contributed by atoms with E-state index in [4.69, 9.17) is 0 Å². The minimum absolute atomic E-state index is 0.383. The van der Waals surface area contributed by atoms with E-state index in [1.807, 2.05) is 47.9 Å². The van der Waals surface area contributed by atoms with E-state index in [2.05, 4.69) is 4.98 Å². The average Bonchev–Trinajstić information content (AvgIpc) is 3.10. The maximum absolute atomic E-state index is 14.3. The Labute approximate surface area is 163 Å². The smallest absolute Gasteiger partial charge is 0.411 e. The summed E-state index contributed by atoms with van der Waals surface area (Å²) in [4.78, 5) is 16.8. The van der Waals surface area contributed by atoms with Gasteiger partial charge < -0.3 is 5.11 Å². The second-order valence-corrected chi connectivity index (χ2v) is 6.64. The highest BCUT2D eigenvalue weighted by Crippen LogP contribution is 2.27. The van der Waals surface area contributed by atoms with E-state index >= 15 is 0 Å². The van der Waals surface area contributed by atoms with Crippen LogP contribution in [-0.2, 0) is 0 Å². The van der Waals surface area contributed by atoms with Crippen molar-refractivity contribution >= 4 is 28.4 Å². The molecule has 6 nitrogen and oxygen atoms in total. The van der Waals surface area contributed by atoms with Gasteiger partial charge in [0.2, 0.25) is 0 Å². The van der Waals surface area contributed by atoms with Gasteiger partial charge in [0.1, 0.15) is 0 Å². The lowest BCUT2D eigenvalue weighted by Gasteiger charge is -2.27. The standard InChI is InChI=1S/C21H25FN4O2/c1-3-5-12-24(21(27)28)17-6-7-19-16(14-17)9-13-26(19)25(11-4-2)20-8-10-23-15-18(20)22/h6-10,13-15H,3-5,11-12H2,1-2H3,(H,27,28). The lowest BCUT2D eigenvalue weighted by Crippen LogP contribution is -2.31. The third kappa shape index (κ3) is 3.93. The summed E-state index contributed by atoms with van der Waals surface area (Å²) in [5.41, 5.74) is 1.98. The molecule has 0 saturated carbocycles. The van der Waals surface area contributed by atoms with Gasteiger partial charge >= 0.3 is 6.09 Å². The van der Waals surface area contributed by atoms with Crippen LogP contribution in [0.3, 0.4) is 0 Å². The number of halogens is 1. The molecule has 0 fully saturated rings. The van der Waals surface area contributed by atoms with E-state index in [1.54, 1.807) is 18.3 Å². The number of carboxylic acid groups (broad SMARTS) is 1. The molecule has 148 valence electrons. The van der Waals surface area contributed by atoms with Gasteiger partial charge in [-0.2, -0.15) is 0 Å². The fourth-order valence-electron chi connectivity index (χ4n) is 3.28. The van der Waals surface area contributed by atoms with Crippen molar-refractivity contribution in [3.63, 3.8) is 0 Å². The summed E-state index contributed by atoms with van der Waals surface area (Å²) in [6.07, 6.45) is 6.26. The maximum Gasteiger partial charge on any atom is 0.411 e. The first-order valence-corrected chi connectivity index (χ1v) is 9.55. The summed E-state index contributed by atoms with van der Waals surface area (Å²) in [5.74, 6) is -0.383. The quantitative estimate of drug-likeness (QED) is 0.584. The van der Waals surface area contributed by atoms with Crippen molar-refractivity contribution in [2.45, 2.75) is 33.1 Å². The Morgan fingerprint density at radius 2 is 2.00 bits per heavy atom.